The van der Waals surface area contributed by atoms with Gasteiger partial charge >= 0.3 is 5.66 Å². The van der Waals surface area contributed by atoms with E-state index in [1.54, 1.807) is 0 Å². The van der Waals surface area contributed by atoms with Crippen LogP contribution in [0.25, 0.3) is 33.3 Å². The Bertz CT molecular complexity index is 2320. The van der Waals surface area contributed by atoms with Gasteiger partial charge in [-0.1, -0.05) is 59.0 Å². The molecule has 3 aliphatic rings. The smallest absolute Gasteiger partial charge is 0.397 e. The van der Waals surface area contributed by atoms with Crippen molar-refractivity contribution in [1.82, 2.24) is 9.25 Å². The molecule has 0 amide bonds. The van der Waals surface area contributed by atoms with Crippen molar-refractivity contribution in [3.05, 3.63) is 144 Å². The Kier molecular flexibility index (Phi) is 3.50. The zero-order chi connectivity index (χ0) is 26.0. The third-order valence-electron chi connectivity index (χ3n) is 8.59. The quantitative estimate of drug-likeness (QED) is 0.193. The number of ether oxygens (including phenoxy) is 1. The minimum Gasteiger partial charge on any atom is -0.456 e. The van der Waals surface area contributed by atoms with Gasteiger partial charge in [0.1, 0.15) is 33.8 Å². The molecule has 5 heteroatoms. The fraction of sp³-hybridized carbons (Fsp3) is 0.0286. The Balaban J connectivity index is 1.39. The molecular formula is C35H20N4O+2. The molecule has 1 atom stereocenters. The number of hydrogen-bond acceptors (Lipinski definition) is 1. The molecule has 0 radical (unpaired) electrons. The standard InChI is InChI=1S/C35H20N4O/c1-2-9-23(10-3-1)16-17-24-21-37-28-13-8-14-29-32(28)35(38(37)22-24)33-30(40-29)19-18-26-25-11-4-5-12-27(25)39(34(26)33)31-15-6-7-20-36(31)35/h1-15,18-22H/q+2. The van der Waals surface area contributed by atoms with E-state index in [1.807, 2.05) is 30.3 Å². The second-order valence-electron chi connectivity index (χ2n) is 10.6. The van der Waals surface area contributed by atoms with Gasteiger partial charge in [-0.15, -0.1) is 4.68 Å². The van der Waals surface area contributed by atoms with E-state index in [2.05, 4.69) is 122 Å². The average molecular weight is 513 g/mol. The van der Waals surface area contributed by atoms with Gasteiger partial charge in [0.15, 0.2) is 11.1 Å². The number of benzene rings is 4. The predicted molar refractivity (Wildman–Crippen MR) is 151 cm³/mol. The summed E-state index contributed by atoms with van der Waals surface area (Å²) in [6.45, 7) is 0. The molecule has 184 valence electrons. The third-order valence-corrected chi connectivity index (χ3v) is 8.59. The minimum absolute atomic E-state index is 0.674. The number of nitrogens with zero attached hydrogens (tertiary/aromatic N) is 4. The lowest BCUT2D eigenvalue weighted by Crippen LogP contribution is -2.76. The summed E-state index contributed by atoms with van der Waals surface area (Å²) in [5.74, 6) is 9.64. The van der Waals surface area contributed by atoms with Crippen molar-refractivity contribution in [2.75, 3.05) is 0 Å². The predicted octanol–water partition coefficient (Wildman–Crippen LogP) is 5.58. The maximum Gasteiger partial charge on any atom is 0.397 e. The van der Waals surface area contributed by atoms with E-state index in [1.165, 1.54) is 21.8 Å². The number of rotatable bonds is 0. The van der Waals surface area contributed by atoms with Crippen LogP contribution < -0.4 is 14.0 Å². The molecule has 0 fully saturated rings. The van der Waals surface area contributed by atoms with Gasteiger partial charge in [-0.05, 0) is 54.6 Å². The lowest BCUT2D eigenvalue weighted by molar-refractivity contribution is -0.993. The van der Waals surface area contributed by atoms with E-state index in [9.17, 15) is 0 Å². The highest BCUT2D eigenvalue weighted by molar-refractivity contribution is 6.11. The monoisotopic (exact) mass is 512 g/mol. The van der Waals surface area contributed by atoms with Crippen LogP contribution in [0.3, 0.4) is 0 Å². The molecule has 0 saturated carbocycles. The molecule has 1 spiro atoms. The number of para-hydroxylation sites is 1. The summed E-state index contributed by atoms with van der Waals surface area (Å²) in [5, 5.41) is 2.46. The Labute approximate surface area is 229 Å². The summed E-state index contributed by atoms with van der Waals surface area (Å²) < 4.78 is 16.1. The summed E-state index contributed by atoms with van der Waals surface area (Å²) in [4.78, 5) is 0. The van der Waals surface area contributed by atoms with Crippen LogP contribution in [0.2, 0.25) is 0 Å². The summed E-state index contributed by atoms with van der Waals surface area (Å²) >= 11 is 0. The van der Waals surface area contributed by atoms with Crippen LogP contribution >= 0.6 is 0 Å². The minimum atomic E-state index is -0.674. The Morgan fingerprint density at radius 1 is 0.675 bits per heavy atom. The molecule has 0 bridgehead atoms. The largest absolute Gasteiger partial charge is 0.456 e. The van der Waals surface area contributed by atoms with E-state index >= 15 is 0 Å². The Hall–Kier alpha value is -5.60. The van der Waals surface area contributed by atoms with Crippen LogP contribution in [-0.2, 0) is 5.66 Å². The van der Waals surface area contributed by atoms with Gasteiger partial charge in [-0.2, -0.15) is 9.13 Å². The van der Waals surface area contributed by atoms with Gasteiger partial charge in [-0.25, -0.2) is 0 Å². The second-order valence-corrected chi connectivity index (χ2v) is 10.6. The maximum absolute atomic E-state index is 6.70. The molecule has 5 nitrogen and oxygen atoms in total. The van der Waals surface area contributed by atoms with Gasteiger partial charge < -0.3 is 4.74 Å². The number of pyridine rings is 1. The van der Waals surface area contributed by atoms with Crippen molar-refractivity contribution in [3.63, 3.8) is 0 Å². The fourth-order valence-electron chi connectivity index (χ4n) is 7.15. The zero-order valence-corrected chi connectivity index (χ0v) is 21.2. The van der Waals surface area contributed by atoms with Crippen LogP contribution in [0.15, 0.2) is 122 Å². The van der Waals surface area contributed by atoms with Gasteiger partial charge in [0.05, 0.1) is 12.4 Å². The highest BCUT2D eigenvalue weighted by Crippen LogP contribution is 2.54. The Morgan fingerprint density at radius 2 is 1.50 bits per heavy atom. The third kappa shape index (κ3) is 2.20. The summed E-state index contributed by atoms with van der Waals surface area (Å²) in [5.41, 5.74) is 7.04. The van der Waals surface area contributed by atoms with E-state index in [0.29, 0.717) is 0 Å². The molecule has 3 aromatic heterocycles. The lowest BCUT2D eigenvalue weighted by atomic mass is 9.84. The first-order valence-corrected chi connectivity index (χ1v) is 13.5. The van der Waals surface area contributed by atoms with Crippen molar-refractivity contribution >= 4 is 21.8 Å². The molecule has 6 heterocycles. The van der Waals surface area contributed by atoms with Crippen LogP contribution in [-0.4, -0.2) is 9.25 Å². The van der Waals surface area contributed by atoms with Crippen molar-refractivity contribution < 1.29 is 14.0 Å². The number of fused-ring (bicyclic) bond motifs is 7. The molecule has 0 aliphatic carbocycles. The van der Waals surface area contributed by atoms with Crippen LogP contribution in [0, 0.1) is 11.8 Å². The normalized spacial score (nSPS) is 16.6. The molecular weight excluding hydrogens is 492 g/mol. The van der Waals surface area contributed by atoms with Crippen molar-refractivity contribution in [3.8, 4) is 34.8 Å². The molecule has 0 N–H and O–H groups in total. The topological polar surface area (TPSA) is 26.8 Å². The van der Waals surface area contributed by atoms with E-state index in [4.69, 9.17) is 4.74 Å². The molecule has 40 heavy (non-hydrogen) atoms. The Morgan fingerprint density at radius 3 is 2.45 bits per heavy atom. The van der Waals surface area contributed by atoms with Crippen molar-refractivity contribution in [2.45, 2.75) is 5.66 Å². The van der Waals surface area contributed by atoms with Gasteiger partial charge in [0, 0.05) is 22.4 Å². The summed E-state index contributed by atoms with van der Waals surface area (Å²) in [6.07, 6.45) is 6.54. The number of aromatic nitrogens is 4. The summed E-state index contributed by atoms with van der Waals surface area (Å²) in [7, 11) is 0. The molecule has 10 rings (SSSR count). The SMILES string of the molecule is C(#Cc1cn2[n+](c1)C13c4c(cccc4-2)Oc2ccc4c5ccccc5n(c4c21)-c1cccc[n+]13)c1ccccc1. The fourth-order valence-corrected chi connectivity index (χ4v) is 7.15. The first-order chi connectivity index (χ1) is 19.8. The zero-order valence-electron chi connectivity index (χ0n) is 21.2. The van der Waals surface area contributed by atoms with Crippen LogP contribution in [0.5, 0.6) is 11.5 Å². The van der Waals surface area contributed by atoms with E-state index in [-0.39, 0.29) is 0 Å². The maximum atomic E-state index is 6.70. The molecule has 0 saturated heterocycles. The van der Waals surface area contributed by atoms with Crippen LogP contribution in [0.4, 0.5) is 0 Å². The van der Waals surface area contributed by atoms with Crippen LogP contribution in [0.1, 0.15) is 22.3 Å². The van der Waals surface area contributed by atoms with Crippen molar-refractivity contribution in [2.24, 2.45) is 0 Å². The van der Waals surface area contributed by atoms with Gasteiger partial charge in [0.2, 0.25) is 6.20 Å². The van der Waals surface area contributed by atoms with Crippen molar-refractivity contribution in [1.29, 1.82) is 0 Å². The average Bonchev–Trinajstić information content (AvgIpc) is 3.66. The summed E-state index contributed by atoms with van der Waals surface area (Å²) in [6, 6.07) is 36.0. The first kappa shape index (κ1) is 20.4. The highest BCUT2D eigenvalue weighted by atomic mass is 16.5. The molecule has 4 aromatic carbocycles. The second kappa shape index (κ2) is 6.88. The first-order valence-electron chi connectivity index (χ1n) is 13.5. The highest BCUT2D eigenvalue weighted by Gasteiger charge is 2.68. The lowest BCUT2D eigenvalue weighted by Gasteiger charge is -2.32. The number of hydrogen-bond donors (Lipinski definition) is 0. The van der Waals surface area contributed by atoms with Gasteiger partial charge in [0.25, 0.3) is 5.82 Å². The molecule has 3 aliphatic heterocycles. The van der Waals surface area contributed by atoms with E-state index < -0.39 is 5.66 Å². The van der Waals surface area contributed by atoms with Gasteiger partial charge in [-0.3, -0.25) is 0 Å². The molecule has 7 aromatic rings. The molecule has 1 unspecified atom stereocenters. The van der Waals surface area contributed by atoms with E-state index in [0.717, 1.165) is 45.3 Å².